The molecule has 1 heterocycles. The van der Waals surface area contributed by atoms with E-state index in [0.717, 1.165) is 43.6 Å². The lowest BCUT2D eigenvalue weighted by molar-refractivity contribution is 0.239. The summed E-state index contributed by atoms with van der Waals surface area (Å²) in [5.74, 6) is 3.28. The first kappa shape index (κ1) is 13.7. The van der Waals surface area contributed by atoms with E-state index >= 15 is 0 Å². The van der Waals surface area contributed by atoms with E-state index in [1.54, 1.807) is 0 Å². The molecule has 0 amide bonds. The predicted octanol–water partition coefficient (Wildman–Crippen LogP) is 3.34. The minimum absolute atomic E-state index is 0.569. The molecule has 3 heteroatoms. The van der Waals surface area contributed by atoms with Gasteiger partial charge in [-0.25, -0.2) is 0 Å². The standard InChI is InChI=1S/C17H25NO2/c1-12(2)18-11-14-4-6-15(14)13-5-7-16-17(10-13)20-9-3-8-19-16/h5,7,10,12,14-15,18H,3-4,6,8-9,11H2,1-2H3. The molecule has 0 spiro atoms. The molecule has 1 aromatic carbocycles. The smallest absolute Gasteiger partial charge is 0.161 e. The van der Waals surface area contributed by atoms with Crippen LogP contribution in [0.4, 0.5) is 0 Å². The quantitative estimate of drug-likeness (QED) is 0.914. The van der Waals surface area contributed by atoms with Gasteiger partial charge in [-0.1, -0.05) is 19.9 Å². The maximum Gasteiger partial charge on any atom is 0.161 e. The largest absolute Gasteiger partial charge is 0.490 e. The second kappa shape index (κ2) is 6.04. The third-order valence-corrected chi connectivity index (χ3v) is 4.41. The van der Waals surface area contributed by atoms with Gasteiger partial charge in [0.25, 0.3) is 0 Å². The van der Waals surface area contributed by atoms with Crippen LogP contribution in [0, 0.1) is 5.92 Å². The number of hydrogen-bond acceptors (Lipinski definition) is 3. The minimum atomic E-state index is 0.569. The van der Waals surface area contributed by atoms with Crippen molar-refractivity contribution in [3.63, 3.8) is 0 Å². The first-order chi connectivity index (χ1) is 9.74. The highest BCUT2D eigenvalue weighted by Gasteiger charge is 2.32. The van der Waals surface area contributed by atoms with Crippen LogP contribution in [-0.4, -0.2) is 25.8 Å². The fourth-order valence-electron chi connectivity index (χ4n) is 3.05. The number of rotatable bonds is 4. The summed E-state index contributed by atoms with van der Waals surface area (Å²) in [5.41, 5.74) is 1.41. The molecule has 1 aliphatic carbocycles. The molecule has 110 valence electrons. The van der Waals surface area contributed by atoms with Gasteiger partial charge in [0.15, 0.2) is 11.5 Å². The molecule has 1 saturated carbocycles. The van der Waals surface area contributed by atoms with Gasteiger partial charge in [0, 0.05) is 12.5 Å². The van der Waals surface area contributed by atoms with Gasteiger partial charge < -0.3 is 14.8 Å². The van der Waals surface area contributed by atoms with Crippen molar-refractivity contribution in [2.75, 3.05) is 19.8 Å². The fraction of sp³-hybridized carbons (Fsp3) is 0.647. The van der Waals surface area contributed by atoms with Gasteiger partial charge in [0.1, 0.15) is 0 Å². The summed E-state index contributed by atoms with van der Waals surface area (Å²) < 4.78 is 11.5. The number of benzene rings is 1. The Kier molecular flexibility index (Phi) is 4.16. The molecule has 3 nitrogen and oxygen atoms in total. The topological polar surface area (TPSA) is 30.5 Å². The Balaban J connectivity index is 1.69. The zero-order chi connectivity index (χ0) is 13.9. The van der Waals surface area contributed by atoms with Gasteiger partial charge in [0.2, 0.25) is 0 Å². The molecule has 20 heavy (non-hydrogen) atoms. The van der Waals surface area contributed by atoms with Crippen LogP contribution < -0.4 is 14.8 Å². The Morgan fingerprint density at radius 3 is 2.65 bits per heavy atom. The lowest BCUT2D eigenvalue weighted by atomic mass is 9.70. The molecule has 0 saturated heterocycles. The van der Waals surface area contributed by atoms with Crippen molar-refractivity contribution in [3.8, 4) is 11.5 Å². The van der Waals surface area contributed by atoms with Crippen molar-refractivity contribution in [2.45, 2.75) is 45.1 Å². The molecular formula is C17H25NO2. The predicted molar refractivity (Wildman–Crippen MR) is 80.7 cm³/mol. The summed E-state index contributed by atoms with van der Waals surface area (Å²) in [7, 11) is 0. The van der Waals surface area contributed by atoms with Crippen molar-refractivity contribution in [3.05, 3.63) is 23.8 Å². The second-order valence-corrected chi connectivity index (χ2v) is 6.26. The normalized spacial score (nSPS) is 25.1. The Labute approximate surface area is 121 Å². The first-order valence-corrected chi connectivity index (χ1v) is 7.87. The summed E-state index contributed by atoms with van der Waals surface area (Å²) in [5, 5.41) is 3.56. The molecule has 0 aromatic heterocycles. The third-order valence-electron chi connectivity index (χ3n) is 4.41. The molecule has 2 atom stereocenters. The maximum atomic E-state index is 5.80. The van der Waals surface area contributed by atoms with Gasteiger partial charge in [0.05, 0.1) is 13.2 Å². The molecule has 0 bridgehead atoms. The molecule has 2 unspecified atom stereocenters. The Hall–Kier alpha value is -1.22. The highest BCUT2D eigenvalue weighted by atomic mass is 16.5. The average molecular weight is 275 g/mol. The van der Waals surface area contributed by atoms with Crippen LogP contribution in [0.5, 0.6) is 11.5 Å². The summed E-state index contributed by atoms with van der Waals surface area (Å²) in [6, 6.07) is 7.08. The monoisotopic (exact) mass is 275 g/mol. The molecule has 2 aliphatic rings. The summed E-state index contributed by atoms with van der Waals surface area (Å²) >= 11 is 0. The molecule has 3 rings (SSSR count). The summed E-state index contributed by atoms with van der Waals surface area (Å²) in [4.78, 5) is 0. The van der Waals surface area contributed by atoms with E-state index < -0.39 is 0 Å². The van der Waals surface area contributed by atoms with Crippen molar-refractivity contribution in [1.29, 1.82) is 0 Å². The van der Waals surface area contributed by atoms with Gasteiger partial charge in [-0.3, -0.25) is 0 Å². The van der Waals surface area contributed by atoms with Crippen LogP contribution in [0.3, 0.4) is 0 Å². The van der Waals surface area contributed by atoms with Gasteiger partial charge in [-0.15, -0.1) is 0 Å². The molecular weight excluding hydrogens is 250 g/mol. The number of ether oxygens (including phenoxy) is 2. The number of hydrogen-bond donors (Lipinski definition) is 1. The van der Waals surface area contributed by atoms with Crippen molar-refractivity contribution < 1.29 is 9.47 Å². The summed E-state index contributed by atoms with van der Waals surface area (Å²) in [6.07, 6.45) is 3.59. The van der Waals surface area contributed by atoms with Crippen molar-refractivity contribution in [1.82, 2.24) is 5.32 Å². The van der Waals surface area contributed by atoms with E-state index in [9.17, 15) is 0 Å². The highest BCUT2D eigenvalue weighted by Crippen LogP contribution is 2.44. The minimum Gasteiger partial charge on any atom is -0.490 e. The zero-order valence-corrected chi connectivity index (χ0v) is 12.5. The van der Waals surface area contributed by atoms with Crippen LogP contribution in [0.2, 0.25) is 0 Å². The first-order valence-electron chi connectivity index (χ1n) is 7.87. The average Bonchev–Trinajstić information content (AvgIpc) is 2.62. The zero-order valence-electron chi connectivity index (χ0n) is 12.5. The lowest BCUT2D eigenvalue weighted by Gasteiger charge is -2.38. The van der Waals surface area contributed by atoms with Crippen LogP contribution in [-0.2, 0) is 0 Å². The highest BCUT2D eigenvalue weighted by molar-refractivity contribution is 5.45. The van der Waals surface area contributed by atoms with E-state index in [1.165, 1.54) is 18.4 Å². The number of fused-ring (bicyclic) bond motifs is 1. The molecule has 0 radical (unpaired) electrons. The molecule has 1 aliphatic heterocycles. The van der Waals surface area contributed by atoms with Gasteiger partial charge >= 0.3 is 0 Å². The van der Waals surface area contributed by atoms with Crippen LogP contribution in [0.15, 0.2) is 18.2 Å². The van der Waals surface area contributed by atoms with E-state index in [2.05, 4.69) is 37.4 Å². The SMILES string of the molecule is CC(C)NCC1CCC1c1ccc2c(c1)OCCCO2. The molecule has 1 aromatic rings. The second-order valence-electron chi connectivity index (χ2n) is 6.26. The third kappa shape index (κ3) is 2.93. The van der Waals surface area contributed by atoms with Crippen LogP contribution in [0.1, 0.15) is 44.6 Å². The van der Waals surface area contributed by atoms with Crippen LogP contribution in [0.25, 0.3) is 0 Å². The number of nitrogens with one attached hydrogen (secondary N) is 1. The lowest BCUT2D eigenvalue weighted by Crippen LogP contribution is -2.36. The van der Waals surface area contributed by atoms with E-state index in [4.69, 9.17) is 9.47 Å². The Morgan fingerprint density at radius 1 is 1.15 bits per heavy atom. The molecule has 1 N–H and O–H groups in total. The Morgan fingerprint density at radius 2 is 1.95 bits per heavy atom. The van der Waals surface area contributed by atoms with Gasteiger partial charge in [-0.05, 0) is 48.9 Å². The van der Waals surface area contributed by atoms with Crippen molar-refractivity contribution >= 4 is 0 Å². The van der Waals surface area contributed by atoms with E-state index in [-0.39, 0.29) is 0 Å². The molecule has 1 fully saturated rings. The van der Waals surface area contributed by atoms with Crippen molar-refractivity contribution in [2.24, 2.45) is 5.92 Å². The van der Waals surface area contributed by atoms with E-state index in [1.807, 2.05) is 0 Å². The fourth-order valence-corrected chi connectivity index (χ4v) is 3.05. The van der Waals surface area contributed by atoms with E-state index in [0.29, 0.717) is 12.0 Å². The van der Waals surface area contributed by atoms with Gasteiger partial charge in [-0.2, -0.15) is 0 Å². The summed E-state index contributed by atoms with van der Waals surface area (Å²) in [6.45, 7) is 7.06. The van der Waals surface area contributed by atoms with Crippen LogP contribution >= 0.6 is 0 Å². The maximum absolute atomic E-state index is 5.80. The Bertz CT molecular complexity index is 458.